The molecule has 0 aliphatic carbocycles. The lowest BCUT2D eigenvalue weighted by atomic mass is 9.97. The smallest absolute Gasteiger partial charge is 0.310 e. The first-order valence-corrected chi connectivity index (χ1v) is 10.6. The highest BCUT2D eigenvalue weighted by Gasteiger charge is 2.37. The van der Waals surface area contributed by atoms with Crippen molar-refractivity contribution in [1.82, 2.24) is 10.2 Å². The molecule has 2 amide bonds. The van der Waals surface area contributed by atoms with Crippen LogP contribution in [0, 0.1) is 11.7 Å². The number of piperidine rings is 1. The van der Waals surface area contributed by atoms with Crippen molar-refractivity contribution in [1.29, 1.82) is 0 Å². The summed E-state index contributed by atoms with van der Waals surface area (Å²) in [6, 6.07) is 5.79. The van der Waals surface area contributed by atoms with Crippen molar-refractivity contribution in [2.45, 2.75) is 37.5 Å². The molecule has 0 saturated carbocycles. The van der Waals surface area contributed by atoms with Crippen molar-refractivity contribution in [2.24, 2.45) is 5.92 Å². The first-order chi connectivity index (χ1) is 13.5. The van der Waals surface area contributed by atoms with Gasteiger partial charge in [-0.2, -0.15) is 0 Å². The molecule has 0 unspecified atom stereocenters. The fourth-order valence-corrected chi connectivity index (χ4v) is 4.76. The number of thioether (sulfide) groups is 1. The third-order valence-electron chi connectivity index (χ3n) is 5.09. The van der Waals surface area contributed by atoms with Gasteiger partial charge in [-0.3, -0.25) is 14.4 Å². The van der Waals surface area contributed by atoms with E-state index in [0.717, 1.165) is 6.42 Å². The van der Waals surface area contributed by atoms with Gasteiger partial charge in [0, 0.05) is 18.8 Å². The predicted octanol–water partition coefficient (Wildman–Crippen LogP) is 1.77. The van der Waals surface area contributed by atoms with Crippen LogP contribution in [0.2, 0.25) is 0 Å². The Kier molecular flexibility index (Phi) is 6.93. The lowest BCUT2D eigenvalue weighted by Gasteiger charge is -2.36. The van der Waals surface area contributed by atoms with Crippen molar-refractivity contribution < 1.29 is 23.5 Å². The van der Waals surface area contributed by atoms with Gasteiger partial charge in [0.1, 0.15) is 11.9 Å². The van der Waals surface area contributed by atoms with Gasteiger partial charge in [-0.15, -0.1) is 11.8 Å². The third-order valence-corrected chi connectivity index (χ3v) is 6.40. The number of hydrogen-bond donors (Lipinski definition) is 1. The van der Waals surface area contributed by atoms with Crippen LogP contribution in [0.3, 0.4) is 0 Å². The highest BCUT2D eigenvalue weighted by molar-refractivity contribution is 8.00. The number of nitrogens with one attached hydrogen (secondary N) is 1. The Balaban J connectivity index is 1.56. The van der Waals surface area contributed by atoms with E-state index in [-0.39, 0.29) is 29.5 Å². The maximum atomic E-state index is 13.8. The minimum atomic E-state index is -0.615. The van der Waals surface area contributed by atoms with Crippen LogP contribution in [0.4, 0.5) is 4.39 Å². The van der Waals surface area contributed by atoms with Gasteiger partial charge in [-0.05, 0) is 37.8 Å². The number of nitrogens with zero attached hydrogens (tertiary/aromatic N) is 1. The minimum Gasteiger partial charge on any atom is -0.466 e. The summed E-state index contributed by atoms with van der Waals surface area (Å²) in [5.74, 6) is -0.890. The van der Waals surface area contributed by atoms with Crippen LogP contribution >= 0.6 is 11.8 Å². The molecule has 0 spiro atoms. The number of benzene rings is 1. The van der Waals surface area contributed by atoms with Gasteiger partial charge in [0.05, 0.1) is 17.8 Å². The molecule has 2 saturated heterocycles. The second kappa shape index (κ2) is 9.41. The fraction of sp³-hybridized carbons (Fsp3) is 0.550. The molecular formula is C20H25FN2O4S. The number of halogens is 1. The normalized spacial score (nSPS) is 25.1. The van der Waals surface area contributed by atoms with E-state index in [0.29, 0.717) is 43.9 Å². The van der Waals surface area contributed by atoms with Crippen molar-refractivity contribution in [3.8, 4) is 0 Å². The number of likely N-dealkylation sites (tertiary alicyclic amines) is 1. The zero-order chi connectivity index (χ0) is 20.1. The summed E-state index contributed by atoms with van der Waals surface area (Å²) < 4.78 is 18.9. The summed E-state index contributed by atoms with van der Waals surface area (Å²) >= 11 is 1.37. The predicted molar refractivity (Wildman–Crippen MR) is 104 cm³/mol. The first kappa shape index (κ1) is 20.6. The number of carbonyl (C=O) groups is 3. The van der Waals surface area contributed by atoms with E-state index in [2.05, 4.69) is 5.32 Å². The zero-order valence-electron chi connectivity index (χ0n) is 15.9. The van der Waals surface area contributed by atoms with Gasteiger partial charge in [0.2, 0.25) is 11.8 Å². The highest BCUT2D eigenvalue weighted by atomic mass is 32.2. The molecule has 0 radical (unpaired) electrons. The molecule has 8 heteroatoms. The van der Waals surface area contributed by atoms with Gasteiger partial charge >= 0.3 is 5.97 Å². The molecule has 1 aromatic carbocycles. The van der Waals surface area contributed by atoms with E-state index in [4.69, 9.17) is 4.74 Å². The molecule has 28 heavy (non-hydrogen) atoms. The molecule has 6 nitrogen and oxygen atoms in total. The molecule has 1 N–H and O–H groups in total. The van der Waals surface area contributed by atoms with Crippen molar-refractivity contribution >= 4 is 29.5 Å². The second-order valence-electron chi connectivity index (χ2n) is 7.05. The van der Waals surface area contributed by atoms with E-state index < -0.39 is 11.3 Å². The number of ether oxygens (including phenoxy) is 1. The Morgan fingerprint density at radius 1 is 1.36 bits per heavy atom. The minimum absolute atomic E-state index is 0.167. The summed E-state index contributed by atoms with van der Waals surface area (Å²) in [5.41, 5.74) is 0.494. The summed E-state index contributed by atoms with van der Waals surface area (Å²) in [7, 11) is 0. The quantitative estimate of drug-likeness (QED) is 0.752. The lowest BCUT2D eigenvalue weighted by molar-refractivity contribution is -0.151. The number of carbonyl (C=O) groups excluding carboxylic acids is 3. The van der Waals surface area contributed by atoms with Gasteiger partial charge in [0.15, 0.2) is 0 Å². The number of esters is 1. The molecule has 0 bridgehead atoms. The van der Waals surface area contributed by atoms with Crippen molar-refractivity contribution in [2.75, 3.05) is 25.4 Å². The van der Waals surface area contributed by atoms with Crippen LogP contribution in [0.25, 0.3) is 0 Å². The molecular weight excluding hydrogens is 383 g/mol. The highest BCUT2D eigenvalue weighted by Crippen LogP contribution is 2.25. The van der Waals surface area contributed by atoms with Gasteiger partial charge < -0.3 is 15.0 Å². The van der Waals surface area contributed by atoms with Gasteiger partial charge in [-0.25, -0.2) is 4.39 Å². The lowest BCUT2D eigenvalue weighted by Crippen LogP contribution is -2.57. The number of hydrogen-bond acceptors (Lipinski definition) is 5. The maximum Gasteiger partial charge on any atom is 0.310 e. The largest absolute Gasteiger partial charge is 0.466 e. The Labute approximate surface area is 168 Å². The molecule has 0 aromatic heterocycles. The molecule has 3 atom stereocenters. The molecule has 2 heterocycles. The van der Waals surface area contributed by atoms with E-state index in [1.54, 1.807) is 30.0 Å². The molecule has 2 aliphatic heterocycles. The van der Waals surface area contributed by atoms with Crippen LogP contribution in [0.5, 0.6) is 0 Å². The molecule has 2 fully saturated rings. The molecule has 2 aliphatic rings. The second-order valence-corrected chi connectivity index (χ2v) is 8.29. The SMILES string of the molecule is CCOC(=O)[C@@H]1CCCN(C(=O)[C@H]2CS[C@H](Cc3ccccc3F)C(=O)N2)C1. The summed E-state index contributed by atoms with van der Waals surface area (Å²) in [6.07, 6.45) is 1.73. The summed E-state index contributed by atoms with van der Waals surface area (Å²) in [5, 5.41) is 2.36. The summed E-state index contributed by atoms with van der Waals surface area (Å²) in [4.78, 5) is 38.9. The van der Waals surface area contributed by atoms with Crippen molar-refractivity contribution in [3.63, 3.8) is 0 Å². The third kappa shape index (κ3) is 4.84. The Morgan fingerprint density at radius 2 is 2.14 bits per heavy atom. The monoisotopic (exact) mass is 408 g/mol. The Bertz CT molecular complexity index is 745. The standard InChI is InChI=1S/C20H25FN2O4S/c1-2-27-20(26)14-7-5-9-23(11-14)19(25)16-12-28-17(18(24)22-16)10-13-6-3-4-8-15(13)21/h3-4,6,8,14,16-17H,2,5,7,9-12H2,1H3,(H,22,24)/t14-,16-,17-/m1/s1. The Hall–Kier alpha value is -2.09. The van der Waals surface area contributed by atoms with Crippen molar-refractivity contribution in [3.05, 3.63) is 35.6 Å². The van der Waals surface area contributed by atoms with Gasteiger partial charge in [-0.1, -0.05) is 18.2 Å². The fourth-order valence-electron chi connectivity index (χ4n) is 3.59. The van der Waals surface area contributed by atoms with Gasteiger partial charge in [0.25, 0.3) is 0 Å². The van der Waals surface area contributed by atoms with E-state index in [9.17, 15) is 18.8 Å². The zero-order valence-corrected chi connectivity index (χ0v) is 16.7. The first-order valence-electron chi connectivity index (χ1n) is 9.60. The number of amides is 2. The number of rotatable bonds is 5. The molecule has 3 rings (SSSR count). The van der Waals surface area contributed by atoms with E-state index >= 15 is 0 Å². The Morgan fingerprint density at radius 3 is 2.86 bits per heavy atom. The topological polar surface area (TPSA) is 75.7 Å². The van der Waals surface area contributed by atoms with Crippen LogP contribution in [0.1, 0.15) is 25.3 Å². The van der Waals surface area contributed by atoms with Crippen LogP contribution < -0.4 is 5.32 Å². The average molecular weight is 408 g/mol. The average Bonchev–Trinajstić information content (AvgIpc) is 2.71. The maximum absolute atomic E-state index is 13.8. The molecule has 152 valence electrons. The molecule has 1 aromatic rings. The van der Waals surface area contributed by atoms with E-state index in [1.807, 2.05) is 0 Å². The van der Waals surface area contributed by atoms with Crippen LogP contribution in [0.15, 0.2) is 24.3 Å². The van der Waals surface area contributed by atoms with E-state index in [1.165, 1.54) is 17.8 Å². The summed E-state index contributed by atoms with van der Waals surface area (Å²) in [6.45, 7) is 2.98. The van der Waals surface area contributed by atoms with Crippen LogP contribution in [-0.2, 0) is 25.5 Å². The van der Waals surface area contributed by atoms with Crippen LogP contribution in [-0.4, -0.2) is 59.4 Å².